The molecule has 0 saturated carbocycles. The number of benzene rings is 3. The van der Waals surface area contributed by atoms with E-state index in [1.165, 1.54) is 30.3 Å². The fourth-order valence-corrected chi connectivity index (χ4v) is 4.10. The van der Waals surface area contributed by atoms with E-state index in [2.05, 4.69) is 10.2 Å². The number of hydrogen-bond acceptors (Lipinski definition) is 9. The van der Waals surface area contributed by atoms with Crippen LogP contribution in [0.4, 0.5) is 22.7 Å². The van der Waals surface area contributed by atoms with Crippen molar-refractivity contribution in [3.8, 4) is 5.75 Å². The van der Waals surface area contributed by atoms with Gasteiger partial charge in [-0.2, -0.15) is 21.9 Å². The van der Waals surface area contributed by atoms with Crippen molar-refractivity contribution in [2.75, 3.05) is 11.5 Å². The zero-order valence-corrected chi connectivity index (χ0v) is 16.0. The number of phenols is 1. The van der Waals surface area contributed by atoms with Crippen molar-refractivity contribution in [2.24, 2.45) is 10.2 Å². The molecule has 3 rings (SSSR count). The minimum absolute atomic E-state index is 0.189. The molecular weight excluding hydrogens is 424 g/mol. The summed E-state index contributed by atoms with van der Waals surface area (Å²) in [6.45, 7) is 0. The Morgan fingerprint density at radius 1 is 0.793 bits per heavy atom. The molecule has 3 aromatic carbocycles. The van der Waals surface area contributed by atoms with Gasteiger partial charge in [0, 0.05) is 16.5 Å². The lowest BCUT2D eigenvalue weighted by atomic mass is 10.1. The number of fused-ring (bicyclic) bond motifs is 1. The van der Waals surface area contributed by atoms with Crippen LogP contribution in [-0.2, 0) is 20.2 Å². The summed E-state index contributed by atoms with van der Waals surface area (Å²) in [6, 6.07) is 8.99. The zero-order valence-electron chi connectivity index (χ0n) is 14.4. The summed E-state index contributed by atoms with van der Waals surface area (Å²) >= 11 is 0. The first-order valence-corrected chi connectivity index (χ1v) is 10.6. The Morgan fingerprint density at radius 3 is 1.97 bits per heavy atom. The van der Waals surface area contributed by atoms with E-state index >= 15 is 0 Å². The van der Waals surface area contributed by atoms with Crippen LogP contribution in [0.25, 0.3) is 10.8 Å². The summed E-state index contributed by atoms with van der Waals surface area (Å²) in [5, 5.41) is 17.4. The number of nitrogen functional groups attached to an aromatic ring is 2. The largest absolute Gasteiger partial charge is 0.505 e. The molecule has 152 valence electrons. The number of hydrogen-bond donors (Lipinski definition) is 5. The van der Waals surface area contributed by atoms with Crippen LogP contribution in [0.15, 0.2) is 62.5 Å². The van der Waals surface area contributed by atoms with Gasteiger partial charge in [-0.3, -0.25) is 9.11 Å². The maximum absolute atomic E-state index is 11.8. The van der Waals surface area contributed by atoms with Crippen LogP contribution >= 0.6 is 0 Å². The summed E-state index contributed by atoms with van der Waals surface area (Å²) in [6.07, 6.45) is 0. The molecule has 0 aliphatic carbocycles. The minimum atomic E-state index is -4.98. The average Bonchev–Trinajstić information content (AvgIpc) is 2.60. The van der Waals surface area contributed by atoms with Crippen LogP contribution in [-0.4, -0.2) is 31.0 Å². The van der Waals surface area contributed by atoms with E-state index in [0.717, 1.165) is 12.1 Å². The predicted octanol–water partition coefficient (Wildman–Crippen LogP) is 2.62. The maximum atomic E-state index is 11.8. The number of anilines is 2. The van der Waals surface area contributed by atoms with E-state index < -0.39 is 52.5 Å². The van der Waals surface area contributed by atoms with E-state index in [1.54, 1.807) is 0 Å². The highest BCUT2D eigenvalue weighted by Crippen LogP contribution is 2.44. The van der Waals surface area contributed by atoms with Crippen LogP contribution in [0.1, 0.15) is 0 Å². The number of azo groups is 1. The Kier molecular flexibility index (Phi) is 4.92. The number of phenolic OH excluding ortho intramolecular Hbond substituents is 1. The van der Waals surface area contributed by atoms with Gasteiger partial charge in [0.15, 0.2) is 5.75 Å². The fraction of sp³-hybridized carbons (Fsp3) is 0. The first-order valence-electron chi connectivity index (χ1n) is 7.70. The van der Waals surface area contributed by atoms with Crippen LogP contribution < -0.4 is 11.5 Å². The third kappa shape index (κ3) is 3.97. The summed E-state index contributed by atoms with van der Waals surface area (Å²) in [5.41, 5.74) is 10.8. The Labute approximate surface area is 164 Å². The predicted molar refractivity (Wildman–Crippen MR) is 105 cm³/mol. The van der Waals surface area contributed by atoms with Gasteiger partial charge in [-0.05, 0) is 42.5 Å². The van der Waals surface area contributed by atoms with Gasteiger partial charge in [0.1, 0.15) is 15.5 Å². The van der Waals surface area contributed by atoms with Crippen LogP contribution in [0.3, 0.4) is 0 Å². The standard InChI is InChI=1S/C16H14N4O7S2/c17-8-1-3-9(4-2-8)19-20-14-13(28(22,23)24)7-11-10(15(14)21)5-6-12(18)16(11)29(25,26)27/h1-7,21H,17-18H2,(H,22,23,24)(H,25,26,27). The second kappa shape index (κ2) is 6.97. The molecule has 7 N–H and O–H groups in total. The van der Waals surface area contributed by atoms with Crippen molar-refractivity contribution in [1.82, 2.24) is 0 Å². The Morgan fingerprint density at radius 2 is 1.41 bits per heavy atom. The molecule has 3 aromatic rings. The van der Waals surface area contributed by atoms with E-state index in [0.29, 0.717) is 5.69 Å². The molecule has 11 nitrogen and oxygen atoms in total. The first kappa shape index (κ1) is 20.5. The molecule has 0 heterocycles. The summed E-state index contributed by atoms with van der Waals surface area (Å²) < 4.78 is 66.0. The van der Waals surface area contributed by atoms with E-state index in [-0.39, 0.29) is 11.1 Å². The highest BCUT2D eigenvalue weighted by molar-refractivity contribution is 7.86. The molecule has 0 bridgehead atoms. The van der Waals surface area contributed by atoms with Crippen molar-refractivity contribution >= 4 is 53.8 Å². The SMILES string of the molecule is Nc1ccc(N=Nc2c(S(=O)(=O)O)cc3c(S(=O)(=O)O)c(N)ccc3c2O)cc1. The topological polar surface area (TPSA) is 206 Å². The number of aromatic hydroxyl groups is 1. The van der Waals surface area contributed by atoms with Crippen molar-refractivity contribution < 1.29 is 31.0 Å². The van der Waals surface area contributed by atoms with Gasteiger partial charge < -0.3 is 16.6 Å². The average molecular weight is 438 g/mol. The third-order valence-electron chi connectivity index (χ3n) is 3.91. The number of nitrogens with two attached hydrogens (primary N) is 2. The lowest BCUT2D eigenvalue weighted by Gasteiger charge is -2.12. The molecule has 0 aliphatic rings. The van der Waals surface area contributed by atoms with Crippen LogP contribution in [0.2, 0.25) is 0 Å². The van der Waals surface area contributed by atoms with Gasteiger partial charge in [-0.15, -0.1) is 5.11 Å². The van der Waals surface area contributed by atoms with Crippen molar-refractivity contribution in [3.63, 3.8) is 0 Å². The molecule has 0 aromatic heterocycles. The highest BCUT2D eigenvalue weighted by atomic mass is 32.2. The van der Waals surface area contributed by atoms with Gasteiger partial charge in [-0.25, -0.2) is 0 Å². The molecular formula is C16H14N4O7S2. The van der Waals surface area contributed by atoms with Gasteiger partial charge in [-0.1, -0.05) is 0 Å². The lowest BCUT2D eigenvalue weighted by molar-refractivity contribution is 0.471. The Balaban J connectivity index is 2.37. The van der Waals surface area contributed by atoms with E-state index in [9.17, 15) is 31.0 Å². The molecule has 0 atom stereocenters. The number of nitrogens with zero attached hydrogens (tertiary/aromatic N) is 2. The zero-order chi connectivity index (χ0) is 21.6. The first-order chi connectivity index (χ1) is 13.4. The summed E-state index contributed by atoms with van der Waals surface area (Å²) in [7, 11) is -9.87. The fourth-order valence-electron chi connectivity index (χ4n) is 2.64. The second-order valence-electron chi connectivity index (χ2n) is 5.89. The molecule has 0 spiro atoms. The molecule has 0 aliphatic heterocycles. The molecule has 13 heteroatoms. The highest BCUT2D eigenvalue weighted by Gasteiger charge is 2.26. The molecule has 0 radical (unpaired) electrons. The second-order valence-corrected chi connectivity index (χ2v) is 8.64. The van der Waals surface area contributed by atoms with Gasteiger partial charge in [0.2, 0.25) is 0 Å². The van der Waals surface area contributed by atoms with Gasteiger partial charge in [0.05, 0.1) is 11.4 Å². The van der Waals surface area contributed by atoms with Crippen molar-refractivity contribution in [2.45, 2.75) is 9.79 Å². The lowest BCUT2D eigenvalue weighted by Crippen LogP contribution is -2.06. The Hall–Kier alpha value is -3.26. The molecule has 0 unspecified atom stereocenters. The number of rotatable bonds is 4. The maximum Gasteiger partial charge on any atom is 0.297 e. The third-order valence-corrected chi connectivity index (χ3v) is 5.75. The minimum Gasteiger partial charge on any atom is -0.505 e. The smallest absolute Gasteiger partial charge is 0.297 e. The normalized spacial score (nSPS) is 12.6. The van der Waals surface area contributed by atoms with Crippen LogP contribution in [0.5, 0.6) is 5.75 Å². The van der Waals surface area contributed by atoms with Gasteiger partial charge >= 0.3 is 0 Å². The van der Waals surface area contributed by atoms with E-state index in [4.69, 9.17) is 11.5 Å². The monoisotopic (exact) mass is 438 g/mol. The molecule has 29 heavy (non-hydrogen) atoms. The van der Waals surface area contributed by atoms with Crippen LogP contribution in [0, 0.1) is 0 Å². The van der Waals surface area contributed by atoms with Crippen molar-refractivity contribution in [3.05, 3.63) is 42.5 Å². The Bertz CT molecular complexity index is 1370. The molecule has 0 saturated heterocycles. The van der Waals surface area contributed by atoms with Gasteiger partial charge in [0.25, 0.3) is 20.2 Å². The molecule has 0 amide bonds. The molecule has 0 fully saturated rings. The summed E-state index contributed by atoms with van der Waals surface area (Å²) in [5.74, 6) is -0.792. The quantitative estimate of drug-likeness (QED) is 0.230. The summed E-state index contributed by atoms with van der Waals surface area (Å²) in [4.78, 5) is -1.76. The van der Waals surface area contributed by atoms with E-state index in [1.807, 2.05) is 0 Å². The van der Waals surface area contributed by atoms with Crippen molar-refractivity contribution in [1.29, 1.82) is 0 Å².